The van der Waals surface area contributed by atoms with Crippen molar-refractivity contribution in [3.8, 4) is 0 Å². The molecule has 2 amide bonds. The lowest BCUT2D eigenvalue weighted by Crippen LogP contribution is -2.47. The summed E-state index contributed by atoms with van der Waals surface area (Å²) in [5.74, 6) is -1.86. The number of Topliss-reactive ketones (excluding diaryl/α,β-unsaturated/α-hetero) is 1. The molecule has 3 atom stereocenters. The smallest absolute Gasteiger partial charge is 0.329 e. The highest BCUT2D eigenvalue weighted by Crippen LogP contribution is 2.24. The van der Waals surface area contributed by atoms with Gasteiger partial charge in [-0.2, -0.15) is 0 Å². The van der Waals surface area contributed by atoms with Crippen molar-refractivity contribution in [1.82, 2.24) is 10.2 Å². The third kappa shape index (κ3) is 7.51. The molecule has 192 valence electrons. The average Bonchev–Trinajstić information content (AvgIpc) is 3.33. The molecule has 0 saturated carbocycles. The first-order valence-electron chi connectivity index (χ1n) is 12.5. The van der Waals surface area contributed by atoms with Crippen LogP contribution in [0.2, 0.25) is 0 Å². The normalized spacial score (nSPS) is 17.2. The highest BCUT2D eigenvalue weighted by molar-refractivity contribution is 5.99. The van der Waals surface area contributed by atoms with E-state index in [4.69, 9.17) is 4.74 Å². The molecule has 2 aromatic rings. The van der Waals surface area contributed by atoms with Crippen molar-refractivity contribution in [3.63, 3.8) is 0 Å². The van der Waals surface area contributed by atoms with Gasteiger partial charge in [0.25, 0.3) is 5.91 Å². The number of esters is 1. The Bertz CT molecular complexity index is 1060. The van der Waals surface area contributed by atoms with Crippen molar-refractivity contribution in [2.24, 2.45) is 5.92 Å². The summed E-state index contributed by atoms with van der Waals surface area (Å²) in [7, 11) is 0. The topological polar surface area (TPSA) is 92.8 Å². The molecule has 7 heteroatoms. The number of carbonyl (C=O) groups is 4. The standard InChI is InChI=1S/C29H36N2O5/c1-20(27(34)31-17-11-16-24(31)28(35)36-29(2,3)4)18-25(32)23(19-21-12-7-5-8-13-21)30-26(33)22-14-9-6-10-15-22/h5-10,12-15,20,23-24H,11,16-19H2,1-4H3,(H,30,33)/t20?,23?,24-/m0/s1. The van der Waals surface area contributed by atoms with Crippen LogP contribution in [0.3, 0.4) is 0 Å². The second-order valence-corrected chi connectivity index (χ2v) is 10.4. The maximum absolute atomic E-state index is 13.4. The van der Waals surface area contributed by atoms with Crippen LogP contribution in [-0.4, -0.2) is 52.7 Å². The van der Waals surface area contributed by atoms with Crippen molar-refractivity contribution in [2.75, 3.05) is 6.54 Å². The number of amides is 2. The largest absolute Gasteiger partial charge is 0.458 e. The highest BCUT2D eigenvalue weighted by Gasteiger charge is 2.39. The maximum atomic E-state index is 13.4. The van der Waals surface area contributed by atoms with E-state index in [1.165, 1.54) is 0 Å². The van der Waals surface area contributed by atoms with Gasteiger partial charge in [-0.15, -0.1) is 0 Å². The van der Waals surface area contributed by atoms with Gasteiger partial charge < -0.3 is 15.0 Å². The van der Waals surface area contributed by atoms with Gasteiger partial charge in [0.15, 0.2) is 5.78 Å². The number of likely N-dealkylation sites (tertiary alicyclic amines) is 1. The van der Waals surface area contributed by atoms with Crippen LogP contribution < -0.4 is 5.32 Å². The van der Waals surface area contributed by atoms with Gasteiger partial charge >= 0.3 is 5.97 Å². The van der Waals surface area contributed by atoms with Gasteiger partial charge in [0, 0.05) is 24.4 Å². The van der Waals surface area contributed by atoms with Crippen LogP contribution in [0, 0.1) is 5.92 Å². The zero-order chi connectivity index (χ0) is 26.3. The molecule has 0 aliphatic carbocycles. The van der Waals surface area contributed by atoms with Crippen molar-refractivity contribution < 1.29 is 23.9 Å². The van der Waals surface area contributed by atoms with Gasteiger partial charge in [-0.25, -0.2) is 4.79 Å². The molecule has 1 saturated heterocycles. The zero-order valence-corrected chi connectivity index (χ0v) is 21.5. The number of nitrogens with one attached hydrogen (secondary N) is 1. The molecule has 0 spiro atoms. The van der Waals surface area contributed by atoms with Crippen LogP contribution in [0.5, 0.6) is 0 Å². The summed E-state index contributed by atoms with van der Waals surface area (Å²) in [4.78, 5) is 53.7. The summed E-state index contributed by atoms with van der Waals surface area (Å²) in [5.41, 5.74) is 0.731. The highest BCUT2D eigenvalue weighted by atomic mass is 16.6. The van der Waals surface area contributed by atoms with Crippen molar-refractivity contribution in [3.05, 3.63) is 71.8 Å². The average molecular weight is 493 g/mol. The van der Waals surface area contributed by atoms with Crippen molar-refractivity contribution in [1.29, 1.82) is 0 Å². The Morgan fingerprint density at radius 1 is 1.00 bits per heavy atom. The number of hydrogen-bond donors (Lipinski definition) is 1. The lowest BCUT2D eigenvalue weighted by Gasteiger charge is -2.29. The van der Waals surface area contributed by atoms with Gasteiger partial charge in [-0.05, 0) is 57.7 Å². The summed E-state index contributed by atoms with van der Waals surface area (Å²) in [6.07, 6.45) is 1.54. The van der Waals surface area contributed by atoms with Gasteiger partial charge in [0.1, 0.15) is 11.6 Å². The van der Waals surface area contributed by atoms with E-state index in [0.29, 0.717) is 31.4 Å². The number of carbonyl (C=O) groups excluding carboxylic acids is 4. The molecule has 1 fully saturated rings. The first-order valence-corrected chi connectivity index (χ1v) is 12.5. The lowest BCUT2D eigenvalue weighted by atomic mass is 9.94. The van der Waals surface area contributed by atoms with E-state index in [0.717, 1.165) is 5.56 Å². The van der Waals surface area contributed by atoms with E-state index in [1.807, 2.05) is 36.4 Å². The Morgan fingerprint density at radius 2 is 1.61 bits per heavy atom. The predicted octanol–water partition coefficient (Wildman–Crippen LogP) is 3.96. The Hall–Kier alpha value is -3.48. The van der Waals surface area contributed by atoms with Crippen LogP contribution in [0.1, 0.15) is 62.9 Å². The van der Waals surface area contributed by atoms with Crippen LogP contribution in [0.4, 0.5) is 0 Å². The summed E-state index contributed by atoms with van der Waals surface area (Å²) >= 11 is 0. The van der Waals surface area contributed by atoms with Crippen molar-refractivity contribution >= 4 is 23.6 Å². The molecule has 0 radical (unpaired) electrons. The number of nitrogens with zero attached hydrogens (tertiary/aromatic N) is 1. The molecule has 1 heterocycles. The minimum absolute atomic E-state index is 0.0387. The summed E-state index contributed by atoms with van der Waals surface area (Å²) < 4.78 is 5.51. The molecule has 2 aromatic carbocycles. The minimum atomic E-state index is -0.782. The molecule has 0 bridgehead atoms. The van der Waals surface area contributed by atoms with Crippen molar-refractivity contribution in [2.45, 2.75) is 71.1 Å². The third-order valence-electron chi connectivity index (χ3n) is 6.16. The first-order chi connectivity index (χ1) is 17.0. The quantitative estimate of drug-likeness (QED) is 0.535. The molecule has 2 unspecified atom stereocenters. The van der Waals surface area contributed by atoms with E-state index in [1.54, 1.807) is 56.9 Å². The van der Waals surface area contributed by atoms with Gasteiger partial charge in [-0.1, -0.05) is 55.5 Å². The molecule has 1 N–H and O–H groups in total. The molecule has 36 heavy (non-hydrogen) atoms. The molecular formula is C29H36N2O5. The Morgan fingerprint density at radius 3 is 2.22 bits per heavy atom. The maximum Gasteiger partial charge on any atom is 0.329 e. The van der Waals surface area contributed by atoms with E-state index >= 15 is 0 Å². The summed E-state index contributed by atoms with van der Waals surface area (Å²) in [5, 5.41) is 2.86. The van der Waals surface area contributed by atoms with Gasteiger partial charge in [0.2, 0.25) is 5.91 Å². The van der Waals surface area contributed by atoms with Crippen LogP contribution in [0.15, 0.2) is 60.7 Å². The molecule has 0 aromatic heterocycles. The van der Waals surface area contributed by atoms with E-state index < -0.39 is 29.6 Å². The monoisotopic (exact) mass is 492 g/mol. The SMILES string of the molecule is CC(CC(=O)C(Cc1ccccc1)NC(=O)c1ccccc1)C(=O)N1CCC[C@H]1C(=O)OC(C)(C)C. The fourth-order valence-electron chi connectivity index (χ4n) is 4.39. The first kappa shape index (κ1) is 27.1. The Labute approximate surface area is 213 Å². The zero-order valence-electron chi connectivity index (χ0n) is 21.5. The molecule has 1 aliphatic rings. The molecule has 3 rings (SSSR count). The van der Waals surface area contributed by atoms with E-state index in [2.05, 4.69) is 5.32 Å². The molecular weight excluding hydrogens is 456 g/mol. The number of rotatable bonds is 9. The second-order valence-electron chi connectivity index (χ2n) is 10.4. The molecule has 7 nitrogen and oxygen atoms in total. The Kier molecular flexibility index (Phi) is 9.02. The summed E-state index contributed by atoms with van der Waals surface area (Å²) in [6.45, 7) is 7.54. The number of ether oxygens (including phenoxy) is 1. The van der Waals surface area contributed by atoms with E-state index in [-0.39, 0.29) is 24.0 Å². The minimum Gasteiger partial charge on any atom is -0.458 e. The molecule has 1 aliphatic heterocycles. The summed E-state index contributed by atoms with van der Waals surface area (Å²) in [6, 6.07) is 16.8. The Balaban J connectivity index is 1.70. The van der Waals surface area contributed by atoms with Crippen LogP contribution in [0.25, 0.3) is 0 Å². The predicted molar refractivity (Wildman–Crippen MR) is 137 cm³/mol. The fourth-order valence-corrected chi connectivity index (χ4v) is 4.39. The van der Waals surface area contributed by atoms with Gasteiger partial charge in [-0.3, -0.25) is 14.4 Å². The van der Waals surface area contributed by atoms with Crippen LogP contribution in [-0.2, 0) is 25.5 Å². The van der Waals surface area contributed by atoms with E-state index in [9.17, 15) is 19.2 Å². The lowest BCUT2D eigenvalue weighted by molar-refractivity contribution is -0.163. The number of benzene rings is 2. The number of ketones is 1. The fraction of sp³-hybridized carbons (Fsp3) is 0.448. The third-order valence-corrected chi connectivity index (χ3v) is 6.16. The number of hydrogen-bond acceptors (Lipinski definition) is 5. The van der Waals surface area contributed by atoms with Gasteiger partial charge in [0.05, 0.1) is 6.04 Å². The second kappa shape index (κ2) is 12.0. The van der Waals surface area contributed by atoms with Crippen LogP contribution >= 0.6 is 0 Å².